The highest BCUT2D eigenvalue weighted by molar-refractivity contribution is 6.30. The van der Waals surface area contributed by atoms with Crippen LogP contribution in [0.3, 0.4) is 0 Å². The average Bonchev–Trinajstić information content (AvgIpc) is 2.66. The van der Waals surface area contributed by atoms with Crippen molar-refractivity contribution in [2.75, 3.05) is 0 Å². The van der Waals surface area contributed by atoms with Crippen LogP contribution in [0.15, 0.2) is 48.5 Å². The molecular formula is C24H24ClNO2. The monoisotopic (exact) mass is 393 g/mol. The molecule has 1 amide bonds. The second-order valence-electron chi connectivity index (χ2n) is 9.03. The molecule has 0 radical (unpaired) electrons. The SMILES string of the molecule is O=C(NC12CC3CC(CC(C3)C1)C2)c1ccccc1C(=O)c1ccc(Cl)cc1. The molecule has 4 bridgehead atoms. The van der Waals surface area contributed by atoms with Crippen LogP contribution in [0, 0.1) is 17.8 Å². The van der Waals surface area contributed by atoms with E-state index in [1.807, 2.05) is 12.1 Å². The number of rotatable bonds is 4. The number of halogens is 1. The van der Waals surface area contributed by atoms with E-state index in [4.69, 9.17) is 11.6 Å². The van der Waals surface area contributed by atoms with Crippen LogP contribution in [0.1, 0.15) is 64.8 Å². The van der Waals surface area contributed by atoms with Crippen LogP contribution in [0.5, 0.6) is 0 Å². The molecule has 0 atom stereocenters. The Morgan fingerprint density at radius 2 is 1.36 bits per heavy atom. The molecule has 144 valence electrons. The minimum atomic E-state index is -0.145. The molecule has 6 rings (SSSR count). The number of carbonyl (C=O) groups is 2. The van der Waals surface area contributed by atoms with E-state index in [2.05, 4.69) is 5.32 Å². The van der Waals surface area contributed by atoms with E-state index in [0.29, 0.717) is 21.7 Å². The summed E-state index contributed by atoms with van der Waals surface area (Å²) in [5.41, 5.74) is 1.40. The lowest BCUT2D eigenvalue weighted by molar-refractivity contribution is -0.0167. The van der Waals surface area contributed by atoms with Crippen LogP contribution in [0.4, 0.5) is 0 Å². The van der Waals surface area contributed by atoms with Crippen molar-refractivity contribution in [2.45, 2.75) is 44.1 Å². The van der Waals surface area contributed by atoms with Crippen molar-refractivity contribution < 1.29 is 9.59 Å². The molecule has 0 spiro atoms. The summed E-state index contributed by atoms with van der Waals surface area (Å²) in [6.07, 6.45) is 7.29. The van der Waals surface area contributed by atoms with Gasteiger partial charge in [-0.2, -0.15) is 0 Å². The van der Waals surface area contributed by atoms with Crippen molar-refractivity contribution in [3.05, 3.63) is 70.2 Å². The number of benzene rings is 2. The Morgan fingerprint density at radius 1 is 0.821 bits per heavy atom. The Bertz CT molecular complexity index is 899. The van der Waals surface area contributed by atoms with E-state index in [1.165, 1.54) is 19.3 Å². The van der Waals surface area contributed by atoms with Crippen LogP contribution >= 0.6 is 11.6 Å². The molecule has 4 fully saturated rings. The third-order valence-corrected chi connectivity index (χ3v) is 7.19. The molecule has 0 unspecified atom stereocenters. The fraction of sp³-hybridized carbons (Fsp3) is 0.417. The molecule has 4 heteroatoms. The van der Waals surface area contributed by atoms with Crippen molar-refractivity contribution in [3.63, 3.8) is 0 Å². The van der Waals surface area contributed by atoms with Gasteiger partial charge in [0.05, 0.1) is 5.56 Å². The van der Waals surface area contributed by atoms with E-state index in [9.17, 15) is 9.59 Å². The number of amides is 1. The van der Waals surface area contributed by atoms with E-state index in [0.717, 1.165) is 37.0 Å². The molecule has 4 aliphatic carbocycles. The maximum Gasteiger partial charge on any atom is 0.252 e. The summed E-state index contributed by atoms with van der Waals surface area (Å²) < 4.78 is 0. The quantitative estimate of drug-likeness (QED) is 0.719. The number of ketones is 1. The van der Waals surface area contributed by atoms with Gasteiger partial charge in [-0.3, -0.25) is 9.59 Å². The molecule has 0 aliphatic heterocycles. The first-order valence-corrected chi connectivity index (χ1v) is 10.6. The topological polar surface area (TPSA) is 46.2 Å². The first-order valence-electron chi connectivity index (χ1n) is 10.2. The van der Waals surface area contributed by atoms with Crippen LogP contribution in [-0.4, -0.2) is 17.2 Å². The number of nitrogens with one attached hydrogen (secondary N) is 1. The smallest absolute Gasteiger partial charge is 0.252 e. The van der Waals surface area contributed by atoms with Crippen molar-refractivity contribution in [1.82, 2.24) is 5.32 Å². The normalized spacial score (nSPS) is 30.2. The number of hydrogen-bond acceptors (Lipinski definition) is 2. The molecule has 4 aliphatic rings. The molecule has 0 heterocycles. The van der Waals surface area contributed by atoms with Crippen molar-refractivity contribution in [3.8, 4) is 0 Å². The van der Waals surface area contributed by atoms with Crippen molar-refractivity contribution in [1.29, 1.82) is 0 Å². The van der Waals surface area contributed by atoms with Crippen LogP contribution in [0.25, 0.3) is 0 Å². The summed E-state index contributed by atoms with van der Waals surface area (Å²) in [5, 5.41) is 3.97. The summed E-state index contributed by atoms with van der Waals surface area (Å²) in [6, 6.07) is 14.0. The maximum absolute atomic E-state index is 13.3. The molecule has 4 saturated carbocycles. The first-order chi connectivity index (χ1) is 13.5. The predicted octanol–water partition coefficient (Wildman–Crippen LogP) is 5.27. The van der Waals surface area contributed by atoms with Crippen LogP contribution in [-0.2, 0) is 0 Å². The van der Waals surface area contributed by atoms with Gasteiger partial charge in [-0.15, -0.1) is 0 Å². The first kappa shape index (κ1) is 17.9. The summed E-state index contributed by atoms with van der Waals surface area (Å²) in [5.74, 6) is 2.03. The van der Waals surface area contributed by atoms with Gasteiger partial charge in [0.2, 0.25) is 0 Å². The van der Waals surface area contributed by atoms with Gasteiger partial charge in [-0.1, -0.05) is 29.8 Å². The standard InChI is InChI=1S/C24H24ClNO2/c25-19-7-5-18(6-8-19)22(27)20-3-1-2-4-21(20)23(28)26-24-12-15-9-16(13-24)11-17(10-15)14-24/h1-8,15-17H,9-14H2,(H,26,28). The molecular weight excluding hydrogens is 370 g/mol. The van der Waals surface area contributed by atoms with Crippen LogP contribution in [0.2, 0.25) is 5.02 Å². The Labute approximate surface area is 170 Å². The van der Waals surface area contributed by atoms with Gasteiger partial charge in [-0.25, -0.2) is 0 Å². The largest absolute Gasteiger partial charge is 0.347 e. The number of carbonyl (C=O) groups excluding carboxylic acids is 2. The predicted molar refractivity (Wildman–Crippen MR) is 110 cm³/mol. The Balaban J connectivity index is 1.42. The van der Waals surface area contributed by atoms with Crippen molar-refractivity contribution in [2.24, 2.45) is 17.8 Å². The summed E-state index contributed by atoms with van der Waals surface area (Å²) in [4.78, 5) is 26.3. The molecule has 1 N–H and O–H groups in total. The zero-order valence-corrected chi connectivity index (χ0v) is 16.5. The fourth-order valence-electron chi connectivity index (χ4n) is 6.21. The highest BCUT2D eigenvalue weighted by Gasteiger charge is 2.51. The van der Waals surface area contributed by atoms with Gasteiger partial charge in [0, 0.05) is 21.7 Å². The maximum atomic E-state index is 13.3. The van der Waals surface area contributed by atoms with E-state index >= 15 is 0 Å². The van der Waals surface area contributed by atoms with Crippen LogP contribution < -0.4 is 5.32 Å². The summed E-state index contributed by atoms with van der Waals surface area (Å²) in [6.45, 7) is 0. The van der Waals surface area contributed by atoms with Gasteiger partial charge >= 0.3 is 0 Å². The van der Waals surface area contributed by atoms with E-state index in [1.54, 1.807) is 36.4 Å². The summed E-state index contributed by atoms with van der Waals surface area (Å²) in [7, 11) is 0. The fourth-order valence-corrected chi connectivity index (χ4v) is 6.33. The molecule has 28 heavy (non-hydrogen) atoms. The zero-order chi connectivity index (χ0) is 19.3. The number of hydrogen-bond donors (Lipinski definition) is 1. The Morgan fingerprint density at radius 3 is 1.93 bits per heavy atom. The molecule has 0 aromatic heterocycles. The van der Waals surface area contributed by atoms with Gasteiger partial charge in [0.1, 0.15) is 0 Å². The lowest BCUT2D eigenvalue weighted by atomic mass is 9.53. The molecule has 2 aromatic carbocycles. The van der Waals surface area contributed by atoms with Gasteiger partial charge in [0.25, 0.3) is 5.91 Å². The molecule has 0 saturated heterocycles. The minimum absolute atomic E-state index is 0.0672. The second kappa shape index (κ2) is 6.73. The van der Waals surface area contributed by atoms with Gasteiger partial charge in [0.15, 0.2) is 5.78 Å². The van der Waals surface area contributed by atoms with Crippen molar-refractivity contribution >= 4 is 23.3 Å². The van der Waals surface area contributed by atoms with Gasteiger partial charge < -0.3 is 5.32 Å². The second-order valence-corrected chi connectivity index (χ2v) is 9.47. The van der Waals surface area contributed by atoms with E-state index < -0.39 is 0 Å². The Kier molecular flexibility index (Phi) is 4.31. The lowest BCUT2D eigenvalue weighted by Crippen LogP contribution is -2.59. The average molecular weight is 394 g/mol. The van der Waals surface area contributed by atoms with E-state index in [-0.39, 0.29) is 17.2 Å². The molecule has 3 nitrogen and oxygen atoms in total. The lowest BCUT2D eigenvalue weighted by Gasteiger charge is -2.56. The third-order valence-electron chi connectivity index (χ3n) is 6.94. The molecule has 2 aromatic rings. The summed E-state index contributed by atoms with van der Waals surface area (Å²) >= 11 is 5.94. The van der Waals surface area contributed by atoms with Gasteiger partial charge in [-0.05, 0) is 86.6 Å². The Hall–Kier alpha value is -2.13. The minimum Gasteiger partial charge on any atom is -0.347 e. The highest BCUT2D eigenvalue weighted by atomic mass is 35.5. The highest BCUT2D eigenvalue weighted by Crippen LogP contribution is 2.55. The zero-order valence-electron chi connectivity index (χ0n) is 15.8. The third kappa shape index (κ3) is 3.16.